The number of aromatic nitrogens is 2. The lowest BCUT2D eigenvalue weighted by Gasteiger charge is -2.43. The maximum absolute atomic E-state index is 13.9. The number of hydrogen-bond acceptors (Lipinski definition) is 3. The number of benzene rings is 1. The molecule has 1 aromatic carbocycles. The van der Waals surface area contributed by atoms with Gasteiger partial charge in [0.15, 0.2) is 0 Å². The van der Waals surface area contributed by atoms with Crippen molar-refractivity contribution in [2.24, 2.45) is 0 Å². The molecule has 6 heteroatoms. The van der Waals surface area contributed by atoms with E-state index >= 15 is 0 Å². The Labute approximate surface area is 151 Å². The molecular formula is C19H13BrFN3O. The van der Waals surface area contributed by atoms with E-state index in [2.05, 4.69) is 31.2 Å². The van der Waals surface area contributed by atoms with Gasteiger partial charge in [0.05, 0.1) is 27.3 Å². The number of fused-ring (bicyclic) bond motifs is 4. The lowest BCUT2D eigenvalue weighted by molar-refractivity contribution is -0.124. The van der Waals surface area contributed by atoms with Gasteiger partial charge in [-0.25, -0.2) is 4.39 Å². The van der Waals surface area contributed by atoms with Crippen LogP contribution in [0.15, 0.2) is 47.2 Å². The van der Waals surface area contributed by atoms with E-state index in [0.29, 0.717) is 22.8 Å². The number of amides is 1. The number of carbonyl (C=O) groups is 1. The number of nitrogens with zero attached hydrogens (tertiary/aromatic N) is 2. The van der Waals surface area contributed by atoms with Gasteiger partial charge in [0, 0.05) is 34.8 Å². The van der Waals surface area contributed by atoms with Crippen LogP contribution in [0.2, 0.25) is 0 Å². The zero-order valence-electron chi connectivity index (χ0n) is 13.1. The van der Waals surface area contributed by atoms with Crippen LogP contribution in [0.4, 0.5) is 10.1 Å². The van der Waals surface area contributed by atoms with E-state index in [-0.39, 0.29) is 17.6 Å². The predicted molar refractivity (Wildman–Crippen MR) is 95.9 cm³/mol. The molecule has 3 aromatic rings. The second kappa shape index (κ2) is 5.08. The molecule has 25 heavy (non-hydrogen) atoms. The second-order valence-corrected chi connectivity index (χ2v) is 7.58. The van der Waals surface area contributed by atoms with Gasteiger partial charge in [-0.15, -0.1) is 0 Å². The molecule has 0 atom stereocenters. The van der Waals surface area contributed by atoms with E-state index in [0.717, 1.165) is 22.3 Å². The Kier molecular flexibility index (Phi) is 3.04. The summed E-state index contributed by atoms with van der Waals surface area (Å²) in [6, 6.07) is 9.00. The first-order valence-electron chi connectivity index (χ1n) is 8.09. The molecule has 0 saturated heterocycles. The van der Waals surface area contributed by atoms with E-state index in [1.807, 2.05) is 18.2 Å². The number of anilines is 1. The van der Waals surface area contributed by atoms with Crippen LogP contribution in [-0.4, -0.2) is 15.9 Å². The Balaban J connectivity index is 1.64. The van der Waals surface area contributed by atoms with Crippen molar-refractivity contribution in [2.45, 2.75) is 24.2 Å². The Bertz CT molecular complexity index is 1030. The molecule has 1 saturated carbocycles. The van der Waals surface area contributed by atoms with Crippen LogP contribution in [0.5, 0.6) is 0 Å². The van der Waals surface area contributed by atoms with Crippen LogP contribution in [0.1, 0.15) is 30.0 Å². The normalized spacial score (nSPS) is 24.2. The van der Waals surface area contributed by atoms with Crippen molar-refractivity contribution >= 4 is 38.4 Å². The molecule has 1 aliphatic carbocycles. The lowest BCUT2D eigenvalue weighted by Crippen LogP contribution is -2.45. The summed E-state index contributed by atoms with van der Waals surface area (Å²) in [6.07, 6.45) is 4.82. The fraction of sp³-hybridized carbons (Fsp3) is 0.211. The summed E-state index contributed by atoms with van der Waals surface area (Å²) in [5, 5.41) is 3.78. The summed E-state index contributed by atoms with van der Waals surface area (Å²) in [7, 11) is 0. The SMILES string of the molecule is O=C1Nc2cnc3cc(F)c(Br)cc3c2C12CC(c1ccccn1)C2. The summed E-state index contributed by atoms with van der Waals surface area (Å²) in [5.74, 6) is -0.0966. The first-order valence-corrected chi connectivity index (χ1v) is 8.88. The molecule has 2 aromatic heterocycles. The Morgan fingerprint density at radius 3 is 2.84 bits per heavy atom. The van der Waals surface area contributed by atoms with Gasteiger partial charge in [0.1, 0.15) is 5.82 Å². The van der Waals surface area contributed by atoms with Crippen molar-refractivity contribution < 1.29 is 9.18 Å². The standard InChI is InChI=1S/C19H13BrFN3O/c20-12-5-11-15(6-13(12)21)23-9-16-17(11)19(18(25)24-16)7-10(8-19)14-3-1-2-4-22-14/h1-6,9-10H,7-8H2,(H,24,25). The highest BCUT2D eigenvalue weighted by molar-refractivity contribution is 9.10. The van der Waals surface area contributed by atoms with Crippen LogP contribution < -0.4 is 5.32 Å². The van der Waals surface area contributed by atoms with E-state index in [1.54, 1.807) is 18.5 Å². The molecule has 5 rings (SSSR count). The van der Waals surface area contributed by atoms with Crippen LogP contribution in [0.25, 0.3) is 10.9 Å². The topological polar surface area (TPSA) is 54.9 Å². The van der Waals surface area contributed by atoms with Gasteiger partial charge in [-0.2, -0.15) is 0 Å². The highest BCUT2D eigenvalue weighted by atomic mass is 79.9. The van der Waals surface area contributed by atoms with E-state index in [9.17, 15) is 9.18 Å². The van der Waals surface area contributed by atoms with Crippen LogP contribution >= 0.6 is 15.9 Å². The van der Waals surface area contributed by atoms with Gasteiger partial charge in [0.25, 0.3) is 0 Å². The Morgan fingerprint density at radius 2 is 2.08 bits per heavy atom. The zero-order valence-corrected chi connectivity index (χ0v) is 14.7. The molecule has 0 unspecified atom stereocenters. The van der Waals surface area contributed by atoms with Gasteiger partial charge in [0.2, 0.25) is 5.91 Å². The highest BCUT2D eigenvalue weighted by Gasteiger charge is 2.57. The summed E-state index contributed by atoms with van der Waals surface area (Å²) in [6.45, 7) is 0. The molecule has 124 valence electrons. The number of nitrogens with one attached hydrogen (secondary N) is 1. The van der Waals surface area contributed by atoms with E-state index in [4.69, 9.17) is 0 Å². The molecule has 2 aliphatic rings. The highest BCUT2D eigenvalue weighted by Crippen LogP contribution is 2.58. The summed E-state index contributed by atoms with van der Waals surface area (Å²) < 4.78 is 14.3. The first kappa shape index (κ1) is 15.0. The molecule has 3 heterocycles. The predicted octanol–water partition coefficient (Wildman–Crippen LogP) is 4.30. The molecule has 1 N–H and O–H groups in total. The maximum atomic E-state index is 13.9. The van der Waals surface area contributed by atoms with Crippen molar-refractivity contribution in [1.29, 1.82) is 0 Å². The molecule has 1 spiro atoms. The summed E-state index contributed by atoms with van der Waals surface area (Å²) in [5.41, 5.74) is 2.68. The number of hydrogen-bond donors (Lipinski definition) is 1. The molecule has 0 bridgehead atoms. The number of carbonyl (C=O) groups excluding carboxylic acids is 1. The minimum Gasteiger partial charge on any atom is -0.324 e. The summed E-state index contributed by atoms with van der Waals surface area (Å²) in [4.78, 5) is 21.5. The number of pyridine rings is 2. The quantitative estimate of drug-likeness (QED) is 0.665. The van der Waals surface area contributed by atoms with Crippen molar-refractivity contribution in [3.63, 3.8) is 0 Å². The Hall–Kier alpha value is -2.34. The minimum atomic E-state index is -0.573. The molecule has 1 aliphatic heterocycles. The fourth-order valence-electron chi connectivity index (χ4n) is 4.15. The van der Waals surface area contributed by atoms with Crippen molar-refractivity contribution in [2.75, 3.05) is 5.32 Å². The van der Waals surface area contributed by atoms with Crippen molar-refractivity contribution in [1.82, 2.24) is 9.97 Å². The van der Waals surface area contributed by atoms with Crippen molar-refractivity contribution in [3.8, 4) is 0 Å². The number of rotatable bonds is 1. The van der Waals surface area contributed by atoms with E-state index < -0.39 is 5.41 Å². The molecule has 0 radical (unpaired) electrons. The van der Waals surface area contributed by atoms with Gasteiger partial charge < -0.3 is 5.32 Å². The third-order valence-electron chi connectivity index (χ3n) is 5.37. The first-order chi connectivity index (χ1) is 12.1. The molecular weight excluding hydrogens is 385 g/mol. The third-order valence-corrected chi connectivity index (χ3v) is 5.97. The minimum absolute atomic E-state index is 0.00410. The lowest BCUT2D eigenvalue weighted by atomic mass is 9.57. The number of halogens is 2. The van der Waals surface area contributed by atoms with Crippen molar-refractivity contribution in [3.05, 3.63) is 64.3 Å². The van der Waals surface area contributed by atoms with Crippen LogP contribution in [0, 0.1) is 5.82 Å². The Morgan fingerprint density at radius 1 is 1.24 bits per heavy atom. The molecule has 4 nitrogen and oxygen atoms in total. The monoisotopic (exact) mass is 397 g/mol. The second-order valence-electron chi connectivity index (χ2n) is 6.73. The van der Waals surface area contributed by atoms with E-state index in [1.165, 1.54) is 6.07 Å². The zero-order chi connectivity index (χ0) is 17.2. The van der Waals surface area contributed by atoms with Crippen LogP contribution in [0.3, 0.4) is 0 Å². The fourth-order valence-corrected chi connectivity index (χ4v) is 4.49. The smallest absolute Gasteiger partial charge is 0.235 e. The van der Waals surface area contributed by atoms with Gasteiger partial charge in [-0.1, -0.05) is 6.07 Å². The average Bonchev–Trinajstić information content (AvgIpc) is 2.88. The average molecular weight is 398 g/mol. The van der Waals surface area contributed by atoms with Gasteiger partial charge in [-0.3, -0.25) is 14.8 Å². The van der Waals surface area contributed by atoms with Gasteiger partial charge >= 0.3 is 0 Å². The molecule has 1 amide bonds. The van der Waals surface area contributed by atoms with Crippen LogP contribution in [-0.2, 0) is 10.2 Å². The molecule has 1 fully saturated rings. The summed E-state index contributed by atoms with van der Waals surface area (Å²) >= 11 is 3.25. The van der Waals surface area contributed by atoms with Gasteiger partial charge in [-0.05, 0) is 47.0 Å². The largest absolute Gasteiger partial charge is 0.324 e. The third kappa shape index (κ3) is 2.00. The maximum Gasteiger partial charge on any atom is 0.235 e.